The van der Waals surface area contributed by atoms with Crippen molar-refractivity contribution in [3.05, 3.63) is 106 Å². The minimum Gasteiger partial charge on any atom is -0.382 e. The van der Waals surface area contributed by atoms with E-state index in [1.54, 1.807) is 43.3 Å². The molecule has 46 heavy (non-hydrogen) atoms. The van der Waals surface area contributed by atoms with E-state index in [1.165, 1.54) is 17.0 Å². The van der Waals surface area contributed by atoms with Crippen LogP contribution in [0.3, 0.4) is 0 Å². The first-order valence-corrected chi connectivity index (χ1v) is 15.2. The van der Waals surface area contributed by atoms with Crippen LogP contribution in [-0.2, 0) is 4.79 Å². The van der Waals surface area contributed by atoms with E-state index in [9.17, 15) is 19.6 Å². The van der Waals surface area contributed by atoms with E-state index in [4.69, 9.17) is 5.73 Å². The summed E-state index contributed by atoms with van der Waals surface area (Å²) in [5.74, 6) is 0.0714. The van der Waals surface area contributed by atoms with Crippen LogP contribution in [-0.4, -0.2) is 49.0 Å². The summed E-state index contributed by atoms with van der Waals surface area (Å²) in [5, 5.41) is 17.0. The summed E-state index contributed by atoms with van der Waals surface area (Å²) in [5.41, 5.74) is 10.9. The lowest BCUT2D eigenvalue weighted by molar-refractivity contribution is -0.135. The monoisotopic (exact) mass is 614 g/mol. The fourth-order valence-electron chi connectivity index (χ4n) is 6.16. The molecule has 232 valence electrons. The van der Waals surface area contributed by atoms with Gasteiger partial charge in [-0.05, 0) is 61.7 Å². The normalized spacial score (nSPS) is 13.6. The standard InChI is InChI=1S/C35H34N8O3/c1-21(2)34(45)41-15-13-24(14-16-41)30-18-28(31-32(37)38-20-39-43(30)31)23-9-11-26(12-10-23)40-33(44)29-17-25(19-36)22(3)42(35(29)46)27-7-5-4-6-8-27/h4-12,17-18,20-21,24H,13-16H2,1-3H3,(H,40,44)(H2,37,38,39). The molecule has 11 nitrogen and oxygen atoms in total. The van der Waals surface area contributed by atoms with Crippen molar-refractivity contribution in [3.63, 3.8) is 0 Å². The van der Waals surface area contributed by atoms with E-state index in [1.807, 2.05) is 41.5 Å². The highest BCUT2D eigenvalue weighted by Gasteiger charge is 2.28. The van der Waals surface area contributed by atoms with Crippen LogP contribution in [0.2, 0.25) is 0 Å². The van der Waals surface area contributed by atoms with Gasteiger partial charge in [-0.2, -0.15) is 10.4 Å². The maximum Gasteiger partial charge on any atom is 0.268 e. The molecule has 1 aliphatic rings. The molecule has 3 aromatic heterocycles. The third kappa shape index (κ3) is 5.49. The number of nitrogens with zero attached hydrogens (tertiary/aromatic N) is 6. The van der Waals surface area contributed by atoms with E-state index in [-0.39, 0.29) is 28.9 Å². The van der Waals surface area contributed by atoms with Crippen LogP contribution in [0.15, 0.2) is 77.9 Å². The molecular weight excluding hydrogens is 580 g/mol. The summed E-state index contributed by atoms with van der Waals surface area (Å²) in [4.78, 5) is 45.5. The number of hydrogen-bond acceptors (Lipinski definition) is 7. The number of benzene rings is 2. The summed E-state index contributed by atoms with van der Waals surface area (Å²) in [6, 6.07) is 21.7. The van der Waals surface area contributed by atoms with E-state index in [0.29, 0.717) is 41.5 Å². The largest absolute Gasteiger partial charge is 0.382 e. The molecule has 3 N–H and O–H groups in total. The third-order valence-corrected chi connectivity index (χ3v) is 8.61. The highest BCUT2D eigenvalue weighted by Crippen LogP contribution is 2.37. The van der Waals surface area contributed by atoms with Gasteiger partial charge in [0.1, 0.15) is 23.5 Å². The number of piperidine rings is 1. The predicted molar refractivity (Wildman–Crippen MR) is 176 cm³/mol. The van der Waals surface area contributed by atoms with Gasteiger partial charge in [-0.1, -0.05) is 44.2 Å². The molecule has 0 radical (unpaired) electrons. The zero-order valence-corrected chi connectivity index (χ0v) is 25.9. The topological polar surface area (TPSA) is 151 Å². The minimum absolute atomic E-state index is 0.0301. The second-order valence-electron chi connectivity index (χ2n) is 11.8. The van der Waals surface area contributed by atoms with Crippen molar-refractivity contribution < 1.29 is 9.59 Å². The van der Waals surface area contributed by atoms with Crippen LogP contribution < -0.4 is 16.6 Å². The molecule has 2 aromatic carbocycles. The molecule has 2 amide bonds. The average Bonchev–Trinajstić information content (AvgIpc) is 3.46. The fraction of sp³-hybridized carbons (Fsp3) is 0.257. The Morgan fingerprint density at radius 1 is 1.04 bits per heavy atom. The van der Waals surface area contributed by atoms with Crippen molar-refractivity contribution in [3.8, 4) is 22.9 Å². The van der Waals surface area contributed by atoms with Crippen molar-refractivity contribution in [2.24, 2.45) is 5.92 Å². The Morgan fingerprint density at radius 3 is 2.39 bits per heavy atom. The molecule has 0 unspecified atom stereocenters. The number of anilines is 2. The molecule has 0 bridgehead atoms. The molecule has 0 saturated carbocycles. The number of para-hydroxylation sites is 1. The number of nitriles is 1. The number of rotatable bonds is 6. The molecule has 11 heteroatoms. The maximum absolute atomic E-state index is 13.4. The van der Waals surface area contributed by atoms with Gasteiger partial charge in [-0.3, -0.25) is 19.0 Å². The van der Waals surface area contributed by atoms with Crippen molar-refractivity contribution in [1.82, 2.24) is 24.1 Å². The van der Waals surface area contributed by atoms with Gasteiger partial charge in [0, 0.05) is 53.3 Å². The molecular formula is C35H34N8O3. The Hall–Kier alpha value is -5.76. The van der Waals surface area contributed by atoms with Gasteiger partial charge in [0.2, 0.25) is 5.91 Å². The Bertz CT molecular complexity index is 2050. The number of carbonyl (C=O) groups excluding carboxylic acids is 2. The van der Waals surface area contributed by atoms with Gasteiger partial charge in [0.05, 0.1) is 5.56 Å². The van der Waals surface area contributed by atoms with Crippen LogP contribution in [0.1, 0.15) is 59.9 Å². The zero-order valence-electron chi connectivity index (χ0n) is 25.9. The number of likely N-dealkylation sites (tertiary alicyclic amines) is 1. The summed E-state index contributed by atoms with van der Waals surface area (Å²) in [7, 11) is 0. The maximum atomic E-state index is 13.4. The lowest BCUT2D eigenvalue weighted by Crippen LogP contribution is -2.40. The first kappa shape index (κ1) is 30.3. The van der Waals surface area contributed by atoms with E-state index in [2.05, 4.69) is 27.5 Å². The number of aromatic nitrogens is 4. The SMILES string of the molecule is Cc1c(C#N)cc(C(=O)Nc2ccc(-c3cc(C4CCN(C(=O)C(C)C)CC4)n4ncnc(N)c34)cc2)c(=O)n1-c1ccccc1. The summed E-state index contributed by atoms with van der Waals surface area (Å²) >= 11 is 0. The lowest BCUT2D eigenvalue weighted by atomic mass is 9.92. The lowest BCUT2D eigenvalue weighted by Gasteiger charge is -2.33. The quantitative estimate of drug-likeness (QED) is 0.275. The minimum atomic E-state index is -0.615. The second kappa shape index (κ2) is 12.3. The summed E-state index contributed by atoms with van der Waals surface area (Å²) in [6.07, 6.45) is 3.08. The van der Waals surface area contributed by atoms with Gasteiger partial charge < -0.3 is 16.0 Å². The van der Waals surface area contributed by atoms with Crippen molar-refractivity contribution in [2.45, 2.75) is 39.5 Å². The molecule has 4 heterocycles. The molecule has 1 saturated heterocycles. The first-order valence-electron chi connectivity index (χ1n) is 15.2. The molecule has 0 spiro atoms. The number of hydrogen-bond donors (Lipinski definition) is 2. The average molecular weight is 615 g/mol. The number of carbonyl (C=O) groups is 2. The first-order chi connectivity index (χ1) is 22.2. The predicted octanol–water partition coefficient (Wildman–Crippen LogP) is 4.92. The number of amides is 2. The molecule has 0 atom stereocenters. The van der Waals surface area contributed by atoms with Crippen LogP contribution >= 0.6 is 0 Å². The number of pyridine rings is 1. The highest BCUT2D eigenvalue weighted by atomic mass is 16.2. The second-order valence-corrected chi connectivity index (χ2v) is 11.8. The van der Waals surface area contributed by atoms with Crippen molar-refractivity contribution in [1.29, 1.82) is 5.26 Å². The van der Waals surface area contributed by atoms with Crippen LogP contribution in [0, 0.1) is 24.2 Å². The van der Waals surface area contributed by atoms with E-state index in [0.717, 1.165) is 29.7 Å². The number of nitrogen functional groups attached to an aromatic ring is 1. The fourth-order valence-corrected chi connectivity index (χ4v) is 6.16. The number of nitrogens with one attached hydrogen (secondary N) is 1. The third-order valence-electron chi connectivity index (χ3n) is 8.61. The summed E-state index contributed by atoms with van der Waals surface area (Å²) in [6.45, 7) is 6.90. The van der Waals surface area contributed by atoms with E-state index < -0.39 is 11.5 Å². The van der Waals surface area contributed by atoms with Gasteiger partial charge in [0.25, 0.3) is 11.5 Å². The molecule has 1 aliphatic heterocycles. The number of fused-ring (bicyclic) bond motifs is 1. The van der Waals surface area contributed by atoms with Crippen LogP contribution in [0.5, 0.6) is 0 Å². The van der Waals surface area contributed by atoms with Crippen LogP contribution in [0.25, 0.3) is 22.3 Å². The Labute approximate surface area is 265 Å². The Balaban J connectivity index is 1.28. The number of nitrogens with two attached hydrogens (primary N) is 1. The molecule has 6 rings (SSSR count). The van der Waals surface area contributed by atoms with Gasteiger partial charge in [-0.15, -0.1) is 0 Å². The molecule has 0 aliphatic carbocycles. The van der Waals surface area contributed by atoms with Gasteiger partial charge in [0.15, 0.2) is 5.82 Å². The van der Waals surface area contributed by atoms with Gasteiger partial charge in [-0.25, -0.2) is 9.50 Å². The van der Waals surface area contributed by atoms with Gasteiger partial charge >= 0.3 is 0 Å². The molecule has 1 fully saturated rings. The Morgan fingerprint density at radius 2 is 1.74 bits per heavy atom. The highest BCUT2D eigenvalue weighted by molar-refractivity contribution is 6.04. The van der Waals surface area contributed by atoms with Crippen molar-refractivity contribution in [2.75, 3.05) is 24.1 Å². The van der Waals surface area contributed by atoms with E-state index >= 15 is 0 Å². The Kier molecular flexibility index (Phi) is 8.11. The molecule has 5 aromatic rings. The summed E-state index contributed by atoms with van der Waals surface area (Å²) < 4.78 is 3.23. The van der Waals surface area contributed by atoms with Crippen molar-refractivity contribution >= 4 is 28.8 Å². The smallest absolute Gasteiger partial charge is 0.268 e. The van der Waals surface area contributed by atoms with Crippen LogP contribution in [0.4, 0.5) is 11.5 Å². The zero-order chi connectivity index (χ0) is 32.5.